The molecule has 9 heteroatoms. The number of rotatable bonds is 9. The Morgan fingerprint density at radius 1 is 1.23 bits per heavy atom. The second-order valence-electron chi connectivity index (χ2n) is 6.34. The Labute approximate surface area is 178 Å². The van der Waals surface area contributed by atoms with Crippen LogP contribution in [-0.2, 0) is 16.0 Å². The Balaban J connectivity index is 1.58. The van der Waals surface area contributed by atoms with E-state index in [0.29, 0.717) is 18.1 Å². The lowest BCUT2D eigenvalue weighted by Crippen LogP contribution is -2.26. The van der Waals surface area contributed by atoms with Crippen LogP contribution in [0.2, 0.25) is 0 Å². The van der Waals surface area contributed by atoms with Crippen molar-refractivity contribution in [1.82, 2.24) is 5.32 Å². The molecule has 2 aromatic carbocycles. The van der Waals surface area contributed by atoms with Crippen molar-refractivity contribution in [2.45, 2.75) is 18.1 Å². The van der Waals surface area contributed by atoms with E-state index >= 15 is 0 Å². The second-order valence-corrected chi connectivity index (χ2v) is 7.53. The molecule has 1 unspecified atom stereocenters. The van der Waals surface area contributed by atoms with Gasteiger partial charge >= 0.3 is 5.97 Å². The zero-order chi connectivity index (χ0) is 21.3. The first-order valence-corrected chi connectivity index (χ1v) is 10.1. The predicted octanol–water partition coefficient (Wildman–Crippen LogP) is 2.71. The molecule has 1 aliphatic rings. The molecule has 1 amide bonds. The smallest absolute Gasteiger partial charge is 0.305 e. The van der Waals surface area contributed by atoms with E-state index < -0.39 is 11.2 Å². The van der Waals surface area contributed by atoms with Crippen molar-refractivity contribution in [3.63, 3.8) is 0 Å². The normalized spacial score (nSPS) is 17.3. The van der Waals surface area contributed by atoms with Gasteiger partial charge in [-0.05, 0) is 29.3 Å². The number of amides is 1. The van der Waals surface area contributed by atoms with E-state index in [1.807, 2.05) is 24.3 Å². The number of amidine groups is 1. The molecular weight excluding hydrogens is 406 g/mol. The lowest BCUT2D eigenvalue weighted by molar-refractivity contribution is -0.138. The van der Waals surface area contributed by atoms with Gasteiger partial charge < -0.3 is 19.9 Å². The van der Waals surface area contributed by atoms with Crippen molar-refractivity contribution in [3.8, 4) is 11.5 Å². The zero-order valence-electron chi connectivity index (χ0n) is 16.3. The van der Waals surface area contributed by atoms with E-state index in [1.54, 1.807) is 19.2 Å². The van der Waals surface area contributed by atoms with Crippen LogP contribution in [0.4, 0.5) is 0 Å². The Morgan fingerprint density at radius 2 is 2.03 bits per heavy atom. The number of carboxylic acid groups (broad SMARTS) is 1. The Bertz CT molecular complexity index is 962. The highest BCUT2D eigenvalue weighted by atomic mass is 32.2. The molecule has 0 spiro atoms. The van der Waals surface area contributed by atoms with E-state index in [1.165, 1.54) is 11.8 Å². The van der Waals surface area contributed by atoms with Crippen LogP contribution in [0.1, 0.15) is 17.5 Å². The molecule has 0 aromatic heterocycles. The van der Waals surface area contributed by atoms with Crippen LogP contribution in [0, 0.1) is 0 Å². The van der Waals surface area contributed by atoms with E-state index in [0.717, 1.165) is 23.7 Å². The monoisotopic (exact) mass is 427 g/mol. The molecule has 30 heavy (non-hydrogen) atoms. The molecule has 1 saturated heterocycles. The van der Waals surface area contributed by atoms with Gasteiger partial charge in [0.15, 0.2) is 16.7 Å². The highest BCUT2D eigenvalue weighted by Gasteiger charge is 2.32. The van der Waals surface area contributed by atoms with Gasteiger partial charge in [0.2, 0.25) is 5.91 Å². The first-order chi connectivity index (χ1) is 14.5. The molecule has 2 N–H and O–H groups in total. The van der Waals surface area contributed by atoms with E-state index in [2.05, 4.69) is 27.7 Å². The summed E-state index contributed by atoms with van der Waals surface area (Å²) in [5.41, 5.74) is 1.94. The maximum absolute atomic E-state index is 11.7. The van der Waals surface area contributed by atoms with E-state index in [9.17, 15) is 9.59 Å². The molecule has 2 aromatic rings. The number of aliphatic carboxylic acids is 1. The van der Waals surface area contributed by atoms with Crippen molar-refractivity contribution in [2.75, 3.05) is 13.7 Å². The first-order valence-electron chi connectivity index (χ1n) is 9.20. The largest absolute Gasteiger partial charge is 0.493 e. The third kappa shape index (κ3) is 6.08. The van der Waals surface area contributed by atoms with E-state index in [4.69, 9.17) is 14.6 Å². The molecule has 1 fully saturated rings. The zero-order valence-corrected chi connectivity index (χ0v) is 17.1. The standard InChI is InChI=1S/C21H21N3O5S/c1-28-17-11-15(7-8-16(17)29-10-9-14-5-3-2-4-6-14)13-22-24-21-23-20(27)18(30-21)12-19(25)26/h2-8,11,13,18H,9-10,12H2,1H3,(H,25,26)(H,23,24,27). The first kappa shape index (κ1) is 21.4. The highest BCUT2D eigenvalue weighted by molar-refractivity contribution is 8.15. The maximum Gasteiger partial charge on any atom is 0.305 e. The SMILES string of the molecule is COc1cc(C=NN=C2NC(=O)C(CC(=O)O)S2)ccc1OCCc1ccccc1. The second kappa shape index (κ2) is 10.4. The lowest BCUT2D eigenvalue weighted by Gasteiger charge is -2.11. The molecule has 1 atom stereocenters. The lowest BCUT2D eigenvalue weighted by atomic mass is 10.2. The fourth-order valence-corrected chi connectivity index (χ4v) is 3.62. The van der Waals surface area contributed by atoms with Crippen molar-refractivity contribution >= 4 is 35.0 Å². The Hall–Kier alpha value is -3.33. The van der Waals surface area contributed by atoms with E-state index in [-0.39, 0.29) is 17.5 Å². The average molecular weight is 427 g/mol. The van der Waals surface area contributed by atoms with Gasteiger partial charge in [0.1, 0.15) is 5.25 Å². The number of nitrogens with zero attached hydrogens (tertiary/aromatic N) is 2. The summed E-state index contributed by atoms with van der Waals surface area (Å²) in [6, 6.07) is 15.5. The predicted molar refractivity (Wildman–Crippen MR) is 115 cm³/mol. The summed E-state index contributed by atoms with van der Waals surface area (Å²) in [7, 11) is 1.56. The number of hydrogen-bond donors (Lipinski definition) is 2. The van der Waals surface area contributed by atoms with Gasteiger partial charge in [-0.15, -0.1) is 5.10 Å². The molecule has 8 nitrogen and oxygen atoms in total. The number of ether oxygens (including phenoxy) is 2. The van der Waals surface area contributed by atoms with Crippen molar-refractivity contribution in [3.05, 3.63) is 59.7 Å². The number of carbonyl (C=O) groups is 2. The molecule has 156 valence electrons. The molecular formula is C21H21N3O5S. The third-order valence-corrected chi connectivity index (χ3v) is 5.24. The molecule has 0 radical (unpaired) electrons. The van der Waals surface area contributed by atoms with Crippen LogP contribution in [0.15, 0.2) is 58.7 Å². The maximum atomic E-state index is 11.7. The Kier molecular flexibility index (Phi) is 7.45. The minimum absolute atomic E-state index is 0.262. The summed E-state index contributed by atoms with van der Waals surface area (Å²) in [5, 5.41) is 18.8. The summed E-state index contributed by atoms with van der Waals surface area (Å²) >= 11 is 1.05. The summed E-state index contributed by atoms with van der Waals surface area (Å²) in [6.45, 7) is 0.524. The van der Waals surface area contributed by atoms with Crippen LogP contribution in [0.5, 0.6) is 11.5 Å². The number of methoxy groups -OCH3 is 1. The highest BCUT2D eigenvalue weighted by Crippen LogP contribution is 2.28. The van der Waals surface area contributed by atoms with Crippen LogP contribution >= 0.6 is 11.8 Å². The van der Waals surface area contributed by atoms with Gasteiger partial charge in [0.05, 0.1) is 26.4 Å². The molecule has 1 heterocycles. The fraction of sp³-hybridized carbons (Fsp3) is 0.238. The van der Waals surface area contributed by atoms with Gasteiger partial charge in [-0.2, -0.15) is 5.10 Å². The van der Waals surface area contributed by atoms with Gasteiger partial charge in [0.25, 0.3) is 0 Å². The quantitative estimate of drug-likeness (QED) is 0.470. The number of carboxylic acids is 1. The van der Waals surface area contributed by atoms with Gasteiger partial charge in [-0.3, -0.25) is 9.59 Å². The molecule has 0 bridgehead atoms. The number of nitrogens with one attached hydrogen (secondary N) is 1. The number of hydrogen-bond acceptors (Lipinski definition) is 7. The Morgan fingerprint density at radius 3 is 2.77 bits per heavy atom. The van der Waals surface area contributed by atoms with Crippen LogP contribution in [0.3, 0.4) is 0 Å². The minimum Gasteiger partial charge on any atom is -0.493 e. The summed E-state index contributed by atoms with van der Waals surface area (Å²) in [5.74, 6) is -0.211. The summed E-state index contributed by atoms with van der Waals surface area (Å²) in [4.78, 5) is 22.4. The molecule has 1 aliphatic heterocycles. The molecule has 3 rings (SSSR count). The number of carbonyl (C=O) groups excluding carboxylic acids is 1. The van der Waals surface area contributed by atoms with Gasteiger partial charge in [-0.25, -0.2) is 0 Å². The number of benzene rings is 2. The van der Waals surface area contributed by atoms with Crippen molar-refractivity contribution < 1.29 is 24.2 Å². The van der Waals surface area contributed by atoms with Crippen LogP contribution in [-0.4, -0.2) is 47.3 Å². The molecule has 0 aliphatic carbocycles. The van der Waals surface area contributed by atoms with Crippen molar-refractivity contribution in [2.24, 2.45) is 10.2 Å². The van der Waals surface area contributed by atoms with Crippen molar-refractivity contribution in [1.29, 1.82) is 0 Å². The summed E-state index contributed by atoms with van der Waals surface area (Å²) in [6.07, 6.45) is 2.04. The third-order valence-electron chi connectivity index (χ3n) is 4.17. The van der Waals surface area contributed by atoms with Crippen LogP contribution < -0.4 is 14.8 Å². The summed E-state index contributed by atoms with van der Waals surface area (Å²) < 4.78 is 11.2. The fourth-order valence-electron chi connectivity index (χ4n) is 2.70. The number of thioether (sulfide) groups is 1. The molecule has 0 saturated carbocycles. The average Bonchev–Trinajstić information content (AvgIpc) is 3.08. The van der Waals surface area contributed by atoms with Gasteiger partial charge in [-0.1, -0.05) is 42.1 Å². The van der Waals surface area contributed by atoms with Crippen LogP contribution in [0.25, 0.3) is 0 Å². The topological polar surface area (TPSA) is 110 Å². The minimum atomic E-state index is -1.04. The van der Waals surface area contributed by atoms with Gasteiger partial charge in [0, 0.05) is 6.42 Å².